The van der Waals surface area contributed by atoms with Gasteiger partial charge in [-0.05, 0) is 78.8 Å². The van der Waals surface area contributed by atoms with Crippen molar-refractivity contribution in [2.24, 2.45) is 0 Å². The lowest BCUT2D eigenvalue weighted by molar-refractivity contribution is 1.33. The Labute approximate surface area is 243 Å². The number of hydrogen-bond acceptors (Lipinski definition) is 4. The molecule has 8 aromatic rings. The van der Waals surface area contributed by atoms with E-state index < -0.39 is 0 Å². The van der Waals surface area contributed by atoms with E-state index in [9.17, 15) is 0 Å². The molecule has 196 valence electrons. The molecule has 0 spiro atoms. The zero-order valence-electron chi connectivity index (χ0n) is 22.6. The number of fused-ring (bicyclic) bond motifs is 3. The first-order valence-corrected chi connectivity index (χ1v) is 13.9. The van der Waals surface area contributed by atoms with E-state index in [1.165, 1.54) is 0 Å². The molecule has 0 fully saturated rings. The van der Waals surface area contributed by atoms with Crippen LogP contribution in [0.4, 0.5) is 0 Å². The summed E-state index contributed by atoms with van der Waals surface area (Å²) in [6.07, 6.45) is 15.2. The highest BCUT2D eigenvalue weighted by Gasteiger charge is 2.25. The third-order valence-corrected chi connectivity index (χ3v) is 7.98. The Bertz CT molecular complexity index is 1900. The Hall–Kier alpha value is -5.74. The summed E-state index contributed by atoms with van der Waals surface area (Å²) in [6, 6.07) is 34.0. The van der Waals surface area contributed by atoms with Crippen molar-refractivity contribution >= 4 is 32.3 Å². The molecular weight excluding hydrogens is 512 g/mol. The summed E-state index contributed by atoms with van der Waals surface area (Å²) in [5.74, 6) is 0. The summed E-state index contributed by atoms with van der Waals surface area (Å²) in [5.41, 5.74) is 8.85. The summed E-state index contributed by atoms with van der Waals surface area (Å²) in [5, 5.41) is 6.96. The van der Waals surface area contributed by atoms with Crippen LogP contribution < -0.4 is 0 Å². The van der Waals surface area contributed by atoms with Crippen LogP contribution in [0.15, 0.2) is 147 Å². The quantitative estimate of drug-likeness (QED) is 0.210. The van der Waals surface area contributed by atoms with Crippen molar-refractivity contribution in [3.8, 4) is 44.5 Å². The summed E-state index contributed by atoms with van der Waals surface area (Å²) in [7, 11) is 0. The minimum atomic E-state index is 1.06. The van der Waals surface area contributed by atoms with Crippen LogP contribution in [-0.4, -0.2) is 19.9 Å². The second kappa shape index (κ2) is 10.0. The van der Waals surface area contributed by atoms with Crippen LogP contribution in [0.3, 0.4) is 0 Å². The molecule has 0 aliphatic heterocycles. The summed E-state index contributed by atoms with van der Waals surface area (Å²) in [4.78, 5) is 18.3. The first-order valence-electron chi connectivity index (χ1n) is 13.9. The van der Waals surface area contributed by atoms with Crippen molar-refractivity contribution in [3.05, 3.63) is 147 Å². The predicted molar refractivity (Wildman–Crippen MR) is 172 cm³/mol. The topological polar surface area (TPSA) is 51.6 Å². The van der Waals surface area contributed by atoms with Gasteiger partial charge in [0.2, 0.25) is 0 Å². The maximum atomic E-state index is 4.57. The Morgan fingerprint density at radius 3 is 0.762 bits per heavy atom. The monoisotopic (exact) mass is 536 g/mol. The van der Waals surface area contributed by atoms with Gasteiger partial charge in [-0.2, -0.15) is 0 Å². The lowest BCUT2D eigenvalue weighted by Crippen LogP contribution is -1.98. The van der Waals surface area contributed by atoms with Gasteiger partial charge in [0.1, 0.15) is 0 Å². The highest BCUT2D eigenvalue weighted by atomic mass is 14.6. The molecule has 0 radical (unpaired) electrons. The third-order valence-electron chi connectivity index (χ3n) is 7.98. The largest absolute Gasteiger partial charge is 0.264 e. The van der Waals surface area contributed by atoms with Crippen molar-refractivity contribution in [2.75, 3.05) is 0 Å². The summed E-state index contributed by atoms with van der Waals surface area (Å²) >= 11 is 0. The molecule has 4 heteroatoms. The van der Waals surface area contributed by atoms with E-state index in [0.29, 0.717) is 0 Å². The molecule has 0 aliphatic rings. The molecule has 0 N–H and O–H groups in total. The fourth-order valence-electron chi connectivity index (χ4n) is 6.37. The van der Waals surface area contributed by atoms with Gasteiger partial charge in [-0.25, -0.2) is 0 Å². The van der Waals surface area contributed by atoms with Crippen molar-refractivity contribution in [2.45, 2.75) is 0 Å². The SMILES string of the molecule is c1cncc(-c2c3ccccc3c(-c3cccnc3)c3c(-c4cccnc4)c4ccccc4c(-c4cccnc4)c23)c1. The molecule has 0 bridgehead atoms. The molecule has 0 amide bonds. The van der Waals surface area contributed by atoms with Gasteiger partial charge in [0.25, 0.3) is 0 Å². The molecule has 4 heterocycles. The summed E-state index contributed by atoms with van der Waals surface area (Å²) in [6.45, 7) is 0. The van der Waals surface area contributed by atoms with Crippen LogP contribution in [0.2, 0.25) is 0 Å². The van der Waals surface area contributed by atoms with Crippen molar-refractivity contribution in [1.29, 1.82) is 0 Å². The molecule has 0 saturated carbocycles. The lowest BCUT2D eigenvalue weighted by atomic mass is 9.78. The van der Waals surface area contributed by atoms with E-state index in [0.717, 1.165) is 76.8 Å². The maximum absolute atomic E-state index is 4.57. The first-order chi connectivity index (χ1) is 20.9. The second-order valence-electron chi connectivity index (χ2n) is 10.3. The normalized spacial score (nSPS) is 11.3. The van der Waals surface area contributed by atoms with Crippen LogP contribution in [0, 0.1) is 0 Å². The van der Waals surface area contributed by atoms with Crippen molar-refractivity contribution in [1.82, 2.24) is 19.9 Å². The van der Waals surface area contributed by atoms with Crippen LogP contribution in [0.25, 0.3) is 76.8 Å². The Morgan fingerprint density at radius 2 is 0.548 bits per heavy atom. The Morgan fingerprint density at radius 1 is 0.286 bits per heavy atom. The molecule has 0 unspecified atom stereocenters. The number of rotatable bonds is 4. The molecule has 0 atom stereocenters. The average Bonchev–Trinajstić information content (AvgIpc) is 3.07. The van der Waals surface area contributed by atoms with Crippen molar-refractivity contribution in [3.63, 3.8) is 0 Å². The third kappa shape index (κ3) is 3.77. The van der Waals surface area contributed by atoms with Gasteiger partial charge in [0.15, 0.2) is 0 Å². The minimum Gasteiger partial charge on any atom is -0.264 e. The molecule has 0 saturated heterocycles. The van der Waals surface area contributed by atoms with Crippen LogP contribution in [0.5, 0.6) is 0 Å². The molecule has 42 heavy (non-hydrogen) atoms. The number of pyridine rings is 4. The zero-order chi connectivity index (χ0) is 27.9. The molecular formula is C38H24N4. The molecule has 8 rings (SSSR count). The van der Waals surface area contributed by atoms with Crippen LogP contribution in [0.1, 0.15) is 0 Å². The standard InChI is InChI=1S/C38H24N4/c1-2-14-30-29(13-1)33(25-9-5-17-39-21-25)37-35(27-11-7-19-41-23-27)31-15-3-4-16-32(31)36(28-12-8-20-42-24-28)38(37)34(30)26-10-6-18-40-22-26/h1-24H. The van der Waals surface area contributed by atoms with E-state index in [1.54, 1.807) is 0 Å². The summed E-state index contributed by atoms with van der Waals surface area (Å²) < 4.78 is 0. The highest BCUT2D eigenvalue weighted by Crippen LogP contribution is 2.53. The fourth-order valence-corrected chi connectivity index (χ4v) is 6.37. The fraction of sp³-hybridized carbons (Fsp3) is 0. The zero-order valence-corrected chi connectivity index (χ0v) is 22.6. The number of nitrogens with zero attached hydrogens (tertiary/aromatic N) is 4. The minimum absolute atomic E-state index is 1.06. The predicted octanol–water partition coefficient (Wildman–Crippen LogP) is 9.39. The van der Waals surface area contributed by atoms with Gasteiger partial charge < -0.3 is 0 Å². The molecule has 0 aliphatic carbocycles. The van der Waals surface area contributed by atoms with Gasteiger partial charge in [0, 0.05) is 71.8 Å². The lowest BCUT2D eigenvalue weighted by Gasteiger charge is -2.24. The van der Waals surface area contributed by atoms with Gasteiger partial charge in [-0.3, -0.25) is 19.9 Å². The number of benzene rings is 4. The number of hydrogen-bond donors (Lipinski definition) is 0. The van der Waals surface area contributed by atoms with E-state index in [1.807, 2.05) is 73.8 Å². The van der Waals surface area contributed by atoms with Crippen LogP contribution >= 0.6 is 0 Å². The second-order valence-corrected chi connectivity index (χ2v) is 10.3. The van der Waals surface area contributed by atoms with E-state index in [-0.39, 0.29) is 0 Å². The smallest absolute Gasteiger partial charge is 0.0346 e. The molecule has 4 aromatic carbocycles. The maximum Gasteiger partial charge on any atom is 0.0346 e. The Kier molecular flexibility index (Phi) is 5.75. The van der Waals surface area contributed by atoms with Gasteiger partial charge in [0.05, 0.1) is 0 Å². The van der Waals surface area contributed by atoms with E-state index >= 15 is 0 Å². The van der Waals surface area contributed by atoms with E-state index in [2.05, 4.69) is 92.7 Å². The van der Waals surface area contributed by atoms with Crippen molar-refractivity contribution < 1.29 is 0 Å². The number of aromatic nitrogens is 4. The highest BCUT2D eigenvalue weighted by molar-refractivity contribution is 6.33. The Balaban J connectivity index is 1.77. The first kappa shape index (κ1) is 24.1. The molecule has 4 nitrogen and oxygen atoms in total. The van der Waals surface area contributed by atoms with Crippen LogP contribution in [-0.2, 0) is 0 Å². The average molecular weight is 537 g/mol. The molecule has 4 aromatic heterocycles. The van der Waals surface area contributed by atoms with Gasteiger partial charge in [-0.1, -0.05) is 72.8 Å². The van der Waals surface area contributed by atoms with Gasteiger partial charge in [-0.15, -0.1) is 0 Å². The van der Waals surface area contributed by atoms with E-state index in [4.69, 9.17) is 0 Å². The van der Waals surface area contributed by atoms with Gasteiger partial charge >= 0.3 is 0 Å².